The molecule has 0 atom stereocenters. The molecule has 7 nitrogen and oxygen atoms in total. The Morgan fingerprint density at radius 1 is 1.00 bits per heavy atom. The van der Waals surface area contributed by atoms with E-state index in [0.29, 0.717) is 50.9 Å². The third-order valence-corrected chi connectivity index (χ3v) is 5.69. The molecular weight excluding hydrogens is 423 g/mol. The van der Waals surface area contributed by atoms with E-state index in [1.807, 2.05) is 13.0 Å². The maximum atomic E-state index is 12.9. The minimum absolute atomic E-state index is 0.0439. The molecule has 0 radical (unpaired) electrons. The van der Waals surface area contributed by atoms with Gasteiger partial charge in [0.1, 0.15) is 5.82 Å². The SMILES string of the molecule is Cc1cc(N2CCN(C(=O)Cc3cccc(C(F)(F)F)c3)CC2)nc(N2CCOCC2)n1. The standard InChI is InChI=1S/C22H26F3N5O2/c1-16-13-19(27-21(26-16)30-9-11-32-12-10-30)28-5-7-29(8-6-28)20(31)15-17-3-2-4-18(14-17)22(23,24)25/h2-4,13-14H,5-12,15H2,1H3. The molecule has 4 rings (SSSR count). The summed E-state index contributed by atoms with van der Waals surface area (Å²) >= 11 is 0. The maximum absolute atomic E-state index is 12.9. The first-order valence-corrected chi connectivity index (χ1v) is 10.7. The molecule has 2 aliphatic rings. The van der Waals surface area contributed by atoms with E-state index in [4.69, 9.17) is 9.72 Å². The van der Waals surface area contributed by atoms with Crippen molar-refractivity contribution in [2.75, 3.05) is 62.3 Å². The molecule has 2 aliphatic heterocycles. The van der Waals surface area contributed by atoms with Gasteiger partial charge in [0.15, 0.2) is 0 Å². The van der Waals surface area contributed by atoms with E-state index in [1.54, 1.807) is 11.0 Å². The second kappa shape index (κ2) is 9.32. The van der Waals surface area contributed by atoms with Crippen molar-refractivity contribution in [1.82, 2.24) is 14.9 Å². The summed E-state index contributed by atoms with van der Waals surface area (Å²) < 4.78 is 44.2. The highest BCUT2D eigenvalue weighted by Gasteiger charge is 2.31. The summed E-state index contributed by atoms with van der Waals surface area (Å²) in [5.74, 6) is 1.34. The van der Waals surface area contributed by atoms with E-state index in [9.17, 15) is 18.0 Å². The zero-order chi connectivity index (χ0) is 22.7. The number of morpholine rings is 1. The highest BCUT2D eigenvalue weighted by Crippen LogP contribution is 2.29. The van der Waals surface area contributed by atoms with Crippen LogP contribution in [0.15, 0.2) is 30.3 Å². The quantitative estimate of drug-likeness (QED) is 0.715. The van der Waals surface area contributed by atoms with E-state index in [0.717, 1.165) is 36.7 Å². The van der Waals surface area contributed by atoms with Crippen molar-refractivity contribution in [1.29, 1.82) is 0 Å². The lowest BCUT2D eigenvalue weighted by molar-refractivity contribution is -0.138. The lowest BCUT2D eigenvalue weighted by Crippen LogP contribution is -2.49. The molecule has 32 heavy (non-hydrogen) atoms. The number of alkyl halides is 3. The smallest absolute Gasteiger partial charge is 0.378 e. The van der Waals surface area contributed by atoms with Crippen molar-refractivity contribution in [3.63, 3.8) is 0 Å². The lowest BCUT2D eigenvalue weighted by atomic mass is 10.1. The predicted molar refractivity (Wildman–Crippen MR) is 114 cm³/mol. The fraction of sp³-hybridized carbons (Fsp3) is 0.500. The Kier molecular flexibility index (Phi) is 6.50. The van der Waals surface area contributed by atoms with Crippen LogP contribution in [0, 0.1) is 6.92 Å². The van der Waals surface area contributed by atoms with Gasteiger partial charge in [-0.1, -0.05) is 18.2 Å². The van der Waals surface area contributed by atoms with Crippen LogP contribution in [-0.4, -0.2) is 73.3 Å². The molecule has 0 saturated carbocycles. The highest BCUT2D eigenvalue weighted by atomic mass is 19.4. The summed E-state index contributed by atoms with van der Waals surface area (Å²) in [5, 5.41) is 0. The van der Waals surface area contributed by atoms with Gasteiger partial charge in [-0.3, -0.25) is 4.79 Å². The van der Waals surface area contributed by atoms with Gasteiger partial charge in [-0.25, -0.2) is 4.98 Å². The van der Waals surface area contributed by atoms with Crippen LogP contribution < -0.4 is 9.80 Å². The molecular formula is C22H26F3N5O2. The van der Waals surface area contributed by atoms with Gasteiger partial charge < -0.3 is 19.4 Å². The number of benzene rings is 1. The van der Waals surface area contributed by atoms with Crippen molar-refractivity contribution >= 4 is 17.7 Å². The number of ether oxygens (including phenoxy) is 1. The van der Waals surface area contributed by atoms with Gasteiger partial charge in [-0.15, -0.1) is 0 Å². The van der Waals surface area contributed by atoms with Crippen LogP contribution in [0.1, 0.15) is 16.8 Å². The summed E-state index contributed by atoms with van der Waals surface area (Å²) in [6, 6.07) is 6.89. The van der Waals surface area contributed by atoms with Gasteiger partial charge in [-0.05, 0) is 18.6 Å². The van der Waals surface area contributed by atoms with Crippen LogP contribution >= 0.6 is 0 Å². The topological polar surface area (TPSA) is 61.8 Å². The number of anilines is 2. The predicted octanol–water partition coefficient (Wildman–Crippen LogP) is 2.53. The fourth-order valence-corrected chi connectivity index (χ4v) is 3.93. The van der Waals surface area contributed by atoms with Crippen LogP contribution in [0.25, 0.3) is 0 Å². The van der Waals surface area contributed by atoms with Gasteiger partial charge in [-0.2, -0.15) is 18.2 Å². The second-order valence-corrected chi connectivity index (χ2v) is 8.01. The number of carbonyl (C=O) groups is 1. The number of hydrogen-bond acceptors (Lipinski definition) is 6. The van der Waals surface area contributed by atoms with Gasteiger partial charge in [0, 0.05) is 51.0 Å². The molecule has 10 heteroatoms. The molecule has 1 aromatic heterocycles. The van der Waals surface area contributed by atoms with Gasteiger partial charge in [0.25, 0.3) is 0 Å². The summed E-state index contributed by atoms with van der Waals surface area (Å²) in [6.45, 7) is 6.94. The number of hydrogen-bond donors (Lipinski definition) is 0. The molecule has 2 fully saturated rings. The monoisotopic (exact) mass is 449 g/mol. The number of aryl methyl sites for hydroxylation is 1. The third-order valence-electron chi connectivity index (χ3n) is 5.69. The van der Waals surface area contributed by atoms with Crippen molar-refractivity contribution in [3.8, 4) is 0 Å². The maximum Gasteiger partial charge on any atom is 0.416 e. The first-order valence-electron chi connectivity index (χ1n) is 10.7. The van der Waals surface area contributed by atoms with Crippen LogP contribution in [0.3, 0.4) is 0 Å². The number of piperazine rings is 1. The molecule has 0 unspecified atom stereocenters. The van der Waals surface area contributed by atoms with E-state index in [-0.39, 0.29) is 12.3 Å². The zero-order valence-corrected chi connectivity index (χ0v) is 17.9. The van der Waals surface area contributed by atoms with Crippen molar-refractivity contribution in [2.45, 2.75) is 19.5 Å². The van der Waals surface area contributed by atoms with Crippen LogP contribution in [0.4, 0.5) is 24.9 Å². The Labute approximate surface area is 184 Å². The Morgan fingerprint density at radius 2 is 1.72 bits per heavy atom. The molecule has 172 valence electrons. The summed E-state index contributed by atoms with van der Waals surface area (Å²) in [7, 11) is 0. The number of carbonyl (C=O) groups excluding carboxylic acids is 1. The van der Waals surface area contributed by atoms with E-state index in [2.05, 4.69) is 14.8 Å². The van der Waals surface area contributed by atoms with Crippen molar-refractivity contribution < 1.29 is 22.7 Å². The molecule has 0 aliphatic carbocycles. The van der Waals surface area contributed by atoms with E-state index < -0.39 is 11.7 Å². The molecule has 1 amide bonds. The largest absolute Gasteiger partial charge is 0.416 e. The fourth-order valence-electron chi connectivity index (χ4n) is 3.93. The van der Waals surface area contributed by atoms with E-state index >= 15 is 0 Å². The minimum Gasteiger partial charge on any atom is -0.378 e. The number of aromatic nitrogens is 2. The first-order chi connectivity index (χ1) is 15.3. The number of amides is 1. The van der Waals surface area contributed by atoms with Crippen LogP contribution in [0.2, 0.25) is 0 Å². The highest BCUT2D eigenvalue weighted by molar-refractivity contribution is 5.79. The molecule has 0 N–H and O–H groups in total. The summed E-state index contributed by atoms with van der Waals surface area (Å²) in [4.78, 5) is 27.9. The Hall–Kier alpha value is -2.88. The van der Waals surface area contributed by atoms with Gasteiger partial charge in [0.2, 0.25) is 11.9 Å². The first kappa shape index (κ1) is 22.3. The molecule has 0 bridgehead atoms. The van der Waals surface area contributed by atoms with E-state index in [1.165, 1.54) is 6.07 Å². The number of nitrogens with zero attached hydrogens (tertiary/aromatic N) is 5. The minimum atomic E-state index is -4.42. The van der Waals surface area contributed by atoms with Crippen molar-refractivity contribution in [3.05, 3.63) is 47.2 Å². The average molecular weight is 449 g/mol. The third kappa shape index (κ3) is 5.29. The molecule has 2 saturated heterocycles. The second-order valence-electron chi connectivity index (χ2n) is 8.01. The van der Waals surface area contributed by atoms with Crippen molar-refractivity contribution in [2.24, 2.45) is 0 Å². The number of rotatable bonds is 4. The molecule has 3 heterocycles. The van der Waals surface area contributed by atoms with Crippen LogP contribution in [0.5, 0.6) is 0 Å². The zero-order valence-electron chi connectivity index (χ0n) is 17.9. The average Bonchev–Trinajstić information content (AvgIpc) is 2.79. The lowest BCUT2D eigenvalue weighted by Gasteiger charge is -2.36. The summed E-state index contributed by atoms with van der Waals surface area (Å²) in [5.41, 5.74) is 0.510. The molecule has 1 aromatic carbocycles. The van der Waals surface area contributed by atoms with Gasteiger partial charge >= 0.3 is 6.18 Å². The Bertz CT molecular complexity index is 955. The molecule has 0 spiro atoms. The Morgan fingerprint density at radius 3 is 2.41 bits per heavy atom. The normalized spacial score (nSPS) is 17.6. The Balaban J connectivity index is 1.37. The number of halogens is 3. The van der Waals surface area contributed by atoms with Gasteiger partial charge in [0.05, 0.1) is 25.2 Å². The van der Waals surface area contributed by atoms with Crippen LogP contribution in [-0.2, 0) is 22.1 Å². The summed E-state index contributed by atoms with van der Waals surface area (Å²) in [6.07, 6.45) is -4.46. The molecule has 2 aromatic rings.